The Balaban J connectivity index is 1.72. The van der Waals surface area contributed by atoms with E-state index >= 15 is 0 Å². The van der Waals surface area contributed by atoms with Gasteiger partial charge in [0.1, 0.15) is 6.20 Å². The van der Waals surface area contributed by atoms with Crippen LogP contribution in [-0.2, 0) is 6.42 Å². The fourth-order valence-electron chi connectivity index (χ4n) is 1.51. The first-order valence-electron chi connectivity index (χ1n) is 4.66. The molecular weight excluding hydrogens is 166 g/mol. The second-order valence-corrected chi connectivity index (χ2v) is 3.24. The van der Waals surface area contributed by atoms with Gasteiger partial charge in [-0.15, -0.1) is 5.10 Å². The fourth-order valence-corrected chi connectivity index (χ4v) is 1.51. The molecule has 0 bridgehead atoms. The van der Waals surface area contributed by atoms with Crippen LogP contribution in [0.5, 0.6) is 0 Å². The molecule has 0 aromatic carbocycles. The van der Waals surface area contributed by atoms with Crippen LogP contribution in [0.1, 0.15) is 5.69 Å². The van der Waals surface area contributed by atoms with Crippen LogP contribution in [0.4, 0.5) is 0 Å². The molecule has 13 heavy (non-hydrogen) atoms. The molecule has 1 aliphatic heterocycles. The minimum Gasteiger partial charge on any atom is -0.314 e. The van der Waals surface area contributed by atoms with Gasteiger partial charge in [0, 0.05) is 39.1 Å². The number of hydrogen-bond acceptors (Lipinski definition) is 4. The predicted octanol–water partition coefficient (Wildman–Crippen LogP) is -0.947. The van der Waals surface area contributed by atoms with Crippen molar-refractivity contribution in [1.82, 2.24) is 25.6 Å². The van der Waals surface area contributed by atoms with Crippen LogP contribution < -0.4 is 5.32 Å². The highest BCUT2D eigenvalue weighted by Gasteiger charge is 2.09. The molecule has 1 radical (unpaired) electrons. The average molecular weight is 180 g/mol. The minimum absolute atomic E-state index is 0.965. The van der Waals surface area contributed by atoms with Gasteiger partial charge < -0.3 is 10.2 Å². The highest BCUT2D eigenvalue weighted by atomic mass is 15.3. The average Bonchev–Trinajstić information content (AvgIpc) is 2.69. The summed E-state index contributed by atoms with van der Waals surface area (Å²) in [6.07, 6.45) is 3.78. The molecule has 1 aliphatic rings. The third-order valence-electron chi connectivity index (χ3n) is 2.31. The van der Waals surface area contributed by atoms with E-state index in [9.17, 15) is 0 Å². The highest BCUT2D eigenvalue weighted by molar-refractivity contribution is 4.89. The van der Waals surface area contributed by atoms with Crippen LogP contribution in [0.25, 0.3) is 0 Å². The number of nitrogens with one attached hydrogen (secondary N) is 2. The molecule has 1 aromatic rings. The minimum atomic E-state index is 0.965. The molecule has 1 aromatic heterocycles. The SMILES string of the molecule is [c]1nn[nH]c1CCN1CCNCC1. The van der Waals surface area contributed by atoms with Gasteiger partial charge in [-0.05, 0) is 0 Å². The lowest BCUT2D eigenvalue weighted by atomic mass is 10.3. The molecular formula is C8H14N5. The molecule has 0 atom stereocenters. The van der Waals surface area contributed by atoms with E-state index in [2.05, 4.69) is 31.8 Å². The molecule has 5 heteroatoms. The Bertz CT molecular complexity index is 227. The van der Waals surface area contributed by atoms with Crippen molar-refractivity contribution in [2.45, 2.75) is 6.42 Å². The quantitative estimate of drug-likeness (QED) is 0.630. The van der Waals surface area contributed by atoms with Crippen molar-refractivity contribution < 1.29 is 0 Å². The predicted molar refractivity (Wildman–Crippen MR) is 48.2 cm³/mol. The molecule has 1 fully saturated rings. The van der Waals surface area contributed by atoms with Gasteiger partial charge in [-0.25, -0.2) is 0 Å². The first-order valence-corrected chi connectivity index (χ1v) is 4.66. The van der Waals surface area contributed by atoms with Crippen molar-refractivity contribution in [2.24, 2.45) is 0 Å². The van der Waals surface area contributed by atoms with Crippen molar-refractivity contribution in [3.05, 3.63) is 11.9 Å². The lowest BCUT2D eigenvalue weighted by Gasteiger charge is -2.26. The highest BCUT2D eigenvalue weighted by Crippen LogP contribution is 1.96. The van der Waals surface area contributed by atoms with E-state index in [0.29, 0.717) is 0 Å². The number of nitrogens with zero attached hydrogens (tertiary/aromatic N) is 3. The van der Waals surface area contributed by atoms with Gasteiger partial charge in [0.25, 0.3) is 0 Å². The maximum Gasteiger partial charge on any atom is 0.138 e. The number of aromatic nitrogens is 3. The first-order chi connectivity index (χ1) is 6.45. The Morgan fingerprint density at radius 3 is 2.92 bits per heavy atom. The molecule has 2 rings (SSSR count). The topological polar surface area (TPSA) is 56.8 Å². The molecule has 71 valence electrons. The van der Waals surface area contributed by atoms with E-state index < -0.39 is 0 Å². The fraction of sp³-hybridized carbons (Fsp3) is 0.750. The Labute approximate surface area is 77.5 Å². The van der Waals surface area contributed by atoms with Crippen molar-refractivity contribution in [3.8, 4) is 0 Å². The molecule has 0 amide bonds. The second-order valence-electron chi connectivity index (χ2n) is 3.24. The number of piperazine rings is 1. The maximum atomic E-state index is 3.62. The van der Waals surface area contributed by atoms with Crippen LogP contribution in [0, 0.1) is 6.20 Å². The summed E-state index contributed by atoms with van der Waals surface area (Å²) in [7, 11) is 0. The van der Waals surface area contributed by atoms with Crippen LogP contribution >= 0.6 is 0 Å². The molecule has 0 saturated carbocycles. The smallest absolute Gasteiger partial charge is 0.138 e. The maximum absolute atomic E-state index is 3.62. The third-order valence-corrected chi connectivity index (χ3v) is 2.31. The summed E-state index contributed by atoms with van der Waals surface area (Å²) in [5, 5.41) is 13.4. The van der Waals surface area contributed by atoms with Gasteiger partial charge in [-0.3, -0.25) is 5.10 Å². The summed E-state index contributed by atoms with van der Waals surface area (Å²) >= 11 is 0. The van der Waals surface area contributed by atoms with E-state index in [1.165, 1.54) is 0 Å². The number of rotatable bonds is 3. The monoisotopic (exact) mass is 180 g/mol. The molecule has 1 saturated heterocycles. The normalized spacial score (nSPS) is 19.1. The number of hydrogen-bond donors (Lipinski definition) is 2. The van der Waals surface area contributed by atoms with Crippen molar-refractivity contribution in [3.63, 3.8) is 0 Å². The Morgan fingerprint density at radius 2 is 2.23 bits per heavy atom. The van der Waals surface area contributed by atoms with Crippen molar-refractivity contribution >= 4 is 0 Å². The van der Waals surface area contributed by atoms with Gasteiger partial charge in [-0.2, -0.15) is 0 Å². The van der Waals surface area contributed by atoms with Gasteiger partial charge in [0.05, 0.1) is 5.69 Å². The van der Waals surface area contributed by atoms with Crippen LogP contribution in [-0.4, -0.2) is 53.0 Å². The zero-order valence-corrected chi connectivity index (χ0v) is 7.58. The molecule has 2 N–H and O–H groups in total. The Morgan fingerprint density at radius 1 is 1.38 bits per heavy atom. The standard InChI is InChI=1S/C8H14N5/c1(8-7-10-12-11-8)4-13-5-2-9-3-6-13/h9H,1-6H2,(H,10,11,12). The number of aromatic amines is 1. The first kappa shape index (κ1) is 8.65. The third kappa shape index (κ3) is 2.50. The van der Waals surface area contributed by atoms with E-state index in [-0.39, 0.29) is 0 Å². The summed E-state index contributed by atoms with van der Waals surface area (Å²) < 4.78 is 0. The second kappa shape index (κ2) is 4.34. The van der Waals surface area contributed by atoms with Crippen LogP contribution in [0.15, 0.2) is 0 Å². The van der Waals surface area contributed by atoms with Gasteiger partial charge in [-0.1, -0.05) is 5.21 Å². The van der Waals surface area contributed by atoms with E-state index in [1.54, 1.807) is 0 Å². The van der Waals surface area contributed by atoms with Gasteiger partial charge in [0.2, 0.25) is 0 Å². The van der Waals surface area contributed by atoms with Gasteiger partial charge >= 0.3 is 0 Å². The van der Waals surface area contributed by atoms with E-state index in [1.807, 2.05) is 0 Å². The summed E-state index contributed by atoms with van der Waals surface area (Å²) in [6, 6.07) is 0. The van der Waals surface area contributed by atoms with Crippen LogP contribution in [0.2, 0.25) is 0 Å². The molecule has 0 unspecified atom stereocenters. The lowest BCUT2D eigenvalue weighted by molar-refractivity contribution is 0.243. The Hall–Kier alpha value is -0.940. The Kier molecular flexibility index (Phi) is 2.89. The number of H-pyrrole nitrogens is 1. The summed E-state index contributed by atoms with van der Waals surface area (Å²) in [5.74, 6) is 0. The molecule has 2 heterocycles. The van der Waals surface area contributed by atoms with Crippen molar-refractivity contribution in [1.29, 1.82) is 0 Å². The summed E-state index contributed by atoms with van der Waals surface area (Å²) in [6.45, 7) is 5.56. The lowest BCUT2D eigenvalue weighted by Crippen LogP contribution is -2.44. The summed E-state index contributed by atoms with van der Waals surface area (Å²) in [5.41, 5.74) is 0.999. The summed E-state index contributed by atoms with van der Waals surface area (Å²) in [4.78, 5) is 2.44. The van der Waals surface area contributed by atoms with Crippen molar-refractivity contribution in [2.75, 3.05) is 32.7 Å². The molecule has 0 aliphatic carbocycles. The van der Waals surface area contributed by atoms with E-state index in [4.69, 9.17) is 0 Å². The van der Waals surface area contributed by atoms with Crippen LogP contribution in [0.3, 0.4) is 0 Å². The van der Waals surface area contributed by atoms with Gasteiger partial charge in [0.15, 0.2) is 0 Å². The zero-order valence-electron chi connectivity index (χ0n) is 7.58. The molecule has 0 spiro atoms. The molecule has 5 nitrogen and oxygen atoms in total. The zero-order chi connectivity index (χ0) is 8.93. The largest absolute Gasteiger partial charge is 0.314 e. The van der Waals surface area contributed by atoms with E-state index in [0.717, 1.165) is 44.8 Å².